The number of nitrogens with zero attached hydrogens (tertiary/aromatic N) is 3. The highest BCUT2D eigenvalue weighted by atomic mass is 16.5. The van der Waals surface area contributed by atoms with Crippen molar-refractivity contribution in [3.8, 4) is 17.2 Å². The van der Waals surface area contributed by atoms with Crippen LogP contribution in [0.4, 0.5) is 0 Å². The minimum Gasteiger partial charge on any atom is -0.493 e. The minimum absolute atomic E-state index is 0.117. The van der Waals surface area contributed by atoms with Gasteiger partial charge in [0, 0.05) is 13.1 Å². The van der Waals surface area contributed by atoms with E-state index in [1.54, 1.807) is 14.2 Å². The summed E-state index contributed by atoms with van der Waals surface area (Å²) in [5.74, 6) is 3.17. The molecule has 0 radical (unpaired) electrons. The maximum atomic E-state index is 6.18. The summed E-state index contributed by atoms with van der Waals surface area (Å²) in [6.07, 6.45) is 1.93. The van der Waals surface area contributed by atoms with E-state index >= 15 is 0 Å². The van der Waals surface area contributed by atoms with Gasteiger partial charge in [0.1, 0.15) is 6.10 Å². The molecule has 1 fully saturated rings. The Morgan fingerprint density at radius 3 is 2.44 bits per heavy atom. The highest BCUT2D eigenvalue weighted by Crippen LogP contribution is 2.38. The Hall–Kier alpha value is -2.32. The van der Waals surface area contributed by atoms with Gasteiger partial charge in [0.05, 0.1) is 27.3 Å². The normalized spacial score (nSPS) is 16.0. The van der Waals surface area contributed by atoms with E-state index in [9.17, 15) is 0 Å². The van der Waals surface area contributed by atoms with Gasteiger partial charge in [-0.1, -0.05) is 11.2 Å². The first-order valence-corrected chi connectivity index (χ1v) is 8.35. The summed E-state index contributed by atoms with van der Waals surface area (Å²) in [6.45, 7) is 2.72. The second-order valence-corrected chi connectivity index (χ2v) is 5.89. The summed E-state index contributed by atoms with van der Waals surface area (Å²) in [6, 6.07) is 5.63. The first kappa shape index (κ1) is 17.5. The standard InChI is InChI=1S/C17H24N4O4/c1-22-13-4-3-5-14(23-2)17(13)24-12-6-8-21(9-7-12)11-15-19-16(10-18)25-20-15/h3-5,12H,6-11,18H2,1-2H3. The molecule has 3 rings (SSSR count). The number of methoxy groups -OCH3 is 2. The van der Waals surface area contributed by atoms with E-state index < -0.39 is 0 Å². The van der Waals surface area contributed by atoms with Crippen LogP contribution in [-0.4, -0.2) is 48.5 Å². The molecule has 1 aliphatic rings. The van der Waals surface area contributed by atoms with Gasteiger partial charge in [-0.25, -0.2) is 0 Å². The molecular weight excluding hydrogens is 324 g/mol. The summed E-state index contributed by atoms with van der Waals surface area (Å²) >= 11 is 0. The van der Waals surface area contributed by atoms with Crippen LogP contribution in [0.25, 0.3) is 0 Å². The van der Waals surface area contributed by atoms with Gasteiger partial charge in [-0.2, -0.15) is 4.98 Å². The first-order chi connectivity index (χ1) is 12.2. The molecule has 0 amide bonds. The zero-order valence-corrected chi connectivity index (χ0v) is 14.6. The van der Waals surface area contributed by atoms with Crippen LogP contribution in [-0.2, 0) is 13.1 Å². The smallest absolute Gasteiger partial charge is 0.240 e. The predicted octanol–water partition coefficient (Wildman–Crippen LogP) is 1.59. The lowest BCUT2D eigenvalue weighted by molar-refractivity contribution is 0.0900. The minimum atomic E-state index is 0.117. The number of hydrogen-bond acceptors (Lipinski definition) is 8. The third-order valence-corrected chi connectivity index (χ3v) is 4.25. The second-order valence-electron chi connectivity index (χ2n) is 5.89. The van der Waals surface area contributed by atoms with Crippen molar-refractivity contribution in [2.45, 2.75) is 32.0 Å². The van der Waals surface area contributed by atoms with E-state index in [0.29, 0.717) is 35.5 Å². The summed E-state index contributed by atoms with van der Waals surface area (Å²) in [5.41, 5.74) is 5.49. The molecule has 0 bridgehead atoms. The molecule has 2 N–H and O–H groups in total. The van der Waals surface area contributed by atoms with Crippen molar-refractivity contribution in [2.75, 3.05) is 27.3 Å². The average Bonchev–Trinajstić information content (AvgIpc) is 3.11. The zero-order chi connectivity index (χ0) is 17.6. The summed E-state index contributed by atoms with van der Waals surface area (Å²) < 4.78 is 22.0. The molecular formula is C17H24N4O4. The van der Waals surface area contributed by atoms with Crippen molar-refractivity contribution in [3.63, 3.8) is 0 Å². The Labute approximate surface area is 146 Å². The van der Waals surface area contributed by atoms with Crippen LogP contribution < -0.4 is 19.9 Å². The van der Waals surface area contributed by atoms with E-state index in [1.807, 2.05) is 18.2 Å². The molecule has 0 atom stereocenters. The van der Waals surface area contributed by atoms with Gasteiger partial charge < -0.3 is 24.5 Å². The third kappa shape index (κ3) is 4.21. The molecule has 1 aromatic carbocycles. The SMILES string of the molecule is COc1cccc(OC)c1OC1CCN(Cc2noc(CN)n2)CC1. The Kier molecular flexibility index (Phi) is 5.72. The average molecular weight is 348 g/mol. The lowest BCUT2D eigenvalue weighted by atomic mass is 10.1. The van der Waals surface area contributed by atoms with Gasteiger partial charge >= 0.3 is 0 Å². The number of benzene rings is 1. The van der Waals surface area contributed by atoms with Crippen LogP contribution in [0.15, 0.2) is 22.7 Å². The topological polar surface area (TPSA) is 95.9 Å². The first-order valence-electron chi connectivity index (χ1n) is 8.35. The highest BCUT2D eigenvalue weighted by Gasteiger charge is 2.24. The molecule has 2 heterocycles. The van der Waals surface area contributed by atoms with Crippen LogP contribution >= 0.6 is 0 Å². The zero-order valence-electron chi connectivity index (χ0n) is 14.6. The van der Waals surface area contributed by atoms with Crippen LogP contribution in [0.2, 0.25) is 0 Å². The number of ether oxygens (including phenoxy) is 3. The monoisotopic (exact) mass is 348 g/mol. The Balaban J connectivity index is 1.56. The number of hydrogen-bond donors (Lipinski definition) is 1. The number of piperidine rings is 1. The molecule has 1 saturated heterocycles. The maximum Gasteiger partial charge on any atom is 0.240 e. The number of rotatable bonds is 7. The van der Waals surface area contributed by atoms with Crippen LogP contribution in [0.1, 0.15) is 24.6 Å². The lowest BCUT2D eigenvalue weighted by Crippen LogP contribution is -2.38. The van der Waals surface area contributed by atoms with Crippen molar-refractivity contribution in [2.24, 2.45) is 5.73 Å². The molecule has 0 unspecified atom stereocenters. The van der Waals surface area contributed by atoms with E-state index in [1.165, 1.54) is 0 Å². The van der Waals surface area contributed by atoms with E-state index in [-0.39, 0.29) is 12.6 Å². The van der Waals surface area contributed by atoms with Crippen molar-refractivity contribution in [1.29, 1.82) is 0 Å². The fraction of sp³-hybridized carbons (Fsp3) is 0.529. The van der Waals surface area contributed by atoms with Crippen LogP contribution in [0.3, 0.4) is 0 Å². The van der Waals surface area contributed by atoms with Gasteiger partial charge in [0.15, 0.2) is 17.3 Å². The molecule has 25 heavy (non-hydrogen) atoms. The van der Waals surface area contributed by atoms with E-state index in [0.717, 1.165) is 25.9 Å². The summed E-state index contributed by atoms with van der Waals surface area (Å²) in [4.78, 5) is 6.53. The van der Waals surface area contributed by atoms with Gasteiger partial charge in [0.25, 0.3) is 0 Å². The number of nitrogens with two attached hydrogens (primary N) is 1. The molecule has 0 spiro atoms. The highest BCUT2D eigenvalue weighted by molar-refractivity contribution is 5.51. The van der Waals surface area contributed by atoms with Gasteiger partial charge in [-0.05, 0) is 25.0 Å². The number of aromatic nitrogens is 2. The molecule has 0 aliphatic carbocycles. The van der Waals surface area contributed by atoms with Gasteiger partial charge in [0.2, 0.25) is 11.6 Å². The molecule has 2 aromatic rings. The maximum absolute atomic E-state index is 6.18. The van der Waals surface area contributed by atoms with E-state index in [2.05, 4.69) is 15.0 Å². The molecule has 8 nitrogen and oxygen atoms in total. The molecule has 136 valence electrons. The summed E-state index contributed by atoms with van der Waals surface area (Å²) in [7, 11) is 3.26. The van der Waals surface area contributed by atoms with Crippen molar-refractivity contribution < 1.29 is 18.7 Å². The van der Waals surface area contributed by atoms with Gasteiger partial charge in [-0.3, -0.25) is 4.90 Å². The van der Waals surface area contributed by atoms with Gasteiger partial charge in [-0.15, -0.1) is 0 Å². The fourth-order valence-electron chi connectivity index (χ4n) is 2.92. The fourth-order valence-corrected chi connectivity index (χ4v) is 2.92. The van der Waals surface area contributed by atoms with Crippen LogP contribution in [0, 0.1) is 0 Å². The summed E-state index contributed by atoms with van der Waals surface area (Å²) in [5, 5.41) is 3.94. The number of likely N-dealkylation sites (tertiary alicyclic amines) is 1. The molecule has 1 aromatic heterocycles. The lowest BCUT2D eigenvalue weighted by Gasteiger charge is -2.31. The molecule has 1 aliphatic heterocycles. The predicted molar refractivity (Wildman–Crippen MR) is 90.7 cm³/mol. The Morgan fingerprint density at radius 1 is 1.20 bits per heavy atom. The van der Waals surface area contributed by atoms with Crippen molar-refractivity contribution in [3.05, 3.63) is 29.9 Å². The molecule has 0 saturated carbocycles. The largest absolute Gasteiger partial charge is 0.493 e. The van der Waals surface area contributed by atoms with E-state index in [4.69, 9.17) is 24.5 Å². The van der Waals surface area contributed by atoms with Crippen molar-refractivity contribution in [1.82, 2.24) is 15.0 Å². The number of para-hydroxylation sites is 1. The van der Waals surface area contributed by atoms with Crippen LogP contribution in [0.5, 0.6) is 17.2 Å². The second kappa shape index (κ2) is 8.17. The van der Waals surface area contributed by atoms with Crippen molar-refractivity contribution >= 4 is 0 Å². The quantitative estimate of drug-likeness (QED) is 0.806. The third-order valence-electron chi connectivity index (χ3n) is 4.25. The molecule has 8 heteroatoms. The Morgan fingerprint density at radius 2 is 1.88 bits per heavy atom. The Bertz CT molecular complexity index is 661.